The fourth-order valence-corrected chi connectivity index (χ4v) is 3.45. The van der Waals surface area contributed by atoms with Gasteiger partial charge in [0.1, 0.15) is 0 Å². The predicted molar refractivity (Wildman–Crippen MR) is 103 cm³/mol. The fraction of sp³-hybridized carbons (Fsp3) is 0.316. The largest absolute Gasteiger partial charge is 0.331 e. The molecule has 0 fully saturated rings. The van der Waals surface area contributed by atoms with Crippen molar-refractivity contribution in [2.45, 2.75) is 37.6 Å². The number of carbonyl (C=O) groups excluding carboxylic acids is 1. The van der Waals surface area contributed by atoms with Crippen molar-refractivity contribution in [3.05, 3.63) is 60.2 Å². The van der Waals surface area contributed by atoms with Gasteiger partial charge in [0.2, 0.25) is 10.0 Å². The lowest BCUT2D eigenvalue weighted by Gasteiger charge is -2.27. The van der Waals surface area contributed by atoms with E-state index in [1.807, 2.05) is 30.3 Å². The van der Waals surface area contributed by atoms with Gasteiger partial charge in [-0.1, -0.05) is 57.0 Å². The molecule has 0 spiro atoms. The number of hydrogen-bond donors (Lipinski definition) is 3. The molecule has 0 aliphatic rings. The first kappa shape index (κ1) is 19.9. The molecule has 1 atom stereocenters. The Kier molecular flexibility index (Phi) is 6.76. The number of hydrogen-bond acceptors (Lipinski definition) is 3. The normalized spacial score (nSPS) is 12.6. The van der Waals surface area contributed by atoms with Gasteiger partial charge < -0.3 is 10.6 Å². The third-order valence-electron chi connectivity index (χ3n) is 4.41. The van der Waals surface area contributed by atoms with Crippen LogP contribution >= 0.6 is 0 Å². The van der Waals surface area contributed by atoms with E-state index < -0.39 is 10.0 Å². The van der Waals surface area contributed by atoms with Crippen molar-refractivity contribution in [2.24, 2.45) is 11.1 Å². The first-order valence-electron chi connectivity index (χ1n) is 8.60. The summed E-state index contributed by atoms with van der Waals surface area (Å²) in [4.78, 5) is 12.5. The van der Waals surface area contributed by atoms with E-state index in [0.717, 1.165) is 18.4 Å². The van der Waals surface area contributed by atoms with Crippen LogP contribution in [0, 0.1) is 5.92 Å². The maximum absolute atomic E-state index is 12.4. The van der Waals surface area contributed by atoms with Gasteiger partial charge >= 0.3 is 6.03 Å². The summed E-state index contributed by atoms with van der Waals surface area (Å²) >= 11 is 0. The molecule has 0 radical (unpaired) electrons. The second kappa shape index (κ2) is 8.82. The number of primary sulfonamides is 1. The zero-order valence-corrected chi connectivity index (χ0v) is 15.8. The molecule has 0 aromatic heterocycles. The predicted octanol–water partition coefficient (Wildman–Crippen LogP) is 3.63. The summed E-state index contributed by atoms with van der Waals surface area (Å²) in [6.45, 7) is 4.21. The van der Waals surface area contributed by atoms with Crippen molar-refractivity contribution in [1.29, 1.82) is 0 Å². The van der Waals surface area contributed by atoms with Crippen LogP contribution < -0.4 is 15.8 Å². The highest BCUT2D eigenvalue weighted by Gasteiger charge is 2.22. The van der Waals surface area contributed by atoms with Gasteiger partial charge in [0.05, 0.1) is 10.9 Å². The van der Waals surface area contributed by atoms with E-state index in [1.54, 1.807) is 0 Å². The third kappa shape index (κ3) is 5.31. The Morgan fingerprint density at radius 3 is 2.08 bits per heavy atom. The van der Waals surface area contributed by atoms with Crippen molar-refractivity contribution in [1.82, 2.24) is 5.32 Å². The van der Waals surface area contributed by atoms with Gasteiger partial charge in [-0.2, -0.15) is 0 Å². The highest BCUT2D eigenvalue weighted by molar-refractivity contribution is 7.89. The van der Waals surface area contributed by atoms with Gasteiger partial charge in [-0.3, -0.25) is 0 Å². The van der Waals surface area contributed by atoms with Crippen LogP contribution in [-0.2, 0) is 10.0 Å². The SMILES string of the molecule is CCC(CC)C(NC(=O)Nc1ccc(S(N)(=O)=O)cc1)c1ccccc1. The van der Waals surface area contributed by atoms with E-state index in [-0.39, 0.29) is 17.0 Å². The van der Waals surface area contributed by atoms with E-state index in [1.165, 1.54) is 24.3 Å². The molecule has 2 aromatic carbocycles. The Morgan fingerprint density at radius 2 is 1.58 bits per heavy atom. The van der Waals surface area contributed by atoms with Gasteiger partial charge in [-0.15, -0.1) is 0 Å². The van der Waals surface area contributed by atoms with Crippen LogP contribution in [-0.4, -0.2) is 14.4 Å². The molecule has 140 valence electrons. The van der Waals surface area contributed by atoms with Crippen LogP contribution in [0.15, 0.2) is 59.5 Å². The molecule has 6 nitrogen and oxygen atoms in total. The maximum Gasteiger partial charge on any atom is 0.319 e. The first-order valence-corrected chi connectivity index (χ1v) is 10.1. The van der Waals surface area contributed by atoms with Crippen molar-refractivity contribution in [3.63, 3.8) is 0 Å². The van der Waals surface area contributed by atoms with Gasteiger partial charge in [0.25, 0.3) is 0 Å². The molecule has 26 heavy (non-hydrogen) atoms. The summed E-state index contributed by atoms with van der Waals surface area (Å²) in [6.07, 6.45) is 1.89. The van der Waals surface area contributed by atoms with Gasteiger partial charge in [0, 0.05) is 5.69 Å². The highest BCUT2D eigenvalue weighted by atomic mass is 32.2. The second-order valence-corrected chi connectivity index (χ2v) is 7.69. The molecule has 1 unspecified atom stereocenters. The van der Waals surface area contributed by atoms with Crippen LogP contribution in [0.2, 0.25) is 0 Å². The van der Waals surface area contributed by atoms with E-state index in [0.29, 0.717) is 11.6 Å². The number of benzene rings is 2. The van der Waals surface area contributed by atoms with Crippen molar-refractivity contribution >= 4 is 21.7 Å². The summed E-state index contributed by atoms with van der Waals surface area (Å²) in [7, 11) is -3.75. The van der Waals surface area contributed by atoms with E-state index >= 15 is 0 Å². The standard InChI is InChI=1S/C19H25N3O3S/c1-3-14(4-2)18(15-8-6-5-7-9-15)22-19(23)21-16-10-12-17(13-11-16)26(20,24)25/h5-14,18H,3-4H2,1-2H3,(H2,20,24,25)(H2,21,22,23). The smallest absolute Gasteiger partial charge is 0.319 e. The Labute approximate surface area is 154 Å². The maximum atomic E-state index is 12.4. The lowest BCUT2D eigenvalue weighted by atomic mass is 9.89. The number of anilines is 1. The fourth-order valence-electron chi connectivity index (χ4n) is 2.93. The summed E-state index contributed by atoms with van der Waals surface area (Å²) in [5.41, 5.74) is 1.55. The molecule has 0 saturated heterocycles. The summed E-state index contributed by atoms with van der Waals surface area (Å²) < 4.78 is 22.6. The minimum Gasteiger partial charge on any atom is -0.331 e. The molecule has 2 amide bonds. The summed E-state index contributed by atoms with van der Waals surface area (Å²) in [5.74, 6) is 0.313. The van der Waals surface area contributed by atoms with Crippen LogP contribution in [0.1, 0.15) is 38.3 Å². The Morgan fingerprint density at radius 1 is 1.00 bits per heavy atom. The van der Waals surface area contributed by atoms with E-state index in [2.05, 4.69) is 24.5 Å². The molecule has 7 heteroatoms. The number of nitrogens with one attached hydrogen (secondary N) is 2. The molecule has 4 N–H and O–H groups in total. The van der Waals surface area contributed by atoms with Crippen molar-refractivity contribution in [2.75, 3.05) is 5.32 Å². The van der Waals surface area contributed by atoms with Crippen LogP contribution in [0.4, 0.5) is 10.5 Å². The second-order valence-electron chi connectivity index (χ2n) is 6.13. The van der Waals surface area contributed by atoms with E-state index in [4.69, 9.17) is 5.14 Å². The summed E-state index contributed by atoms with van der Waals surface area (Å²) in [6, 6.07) is 15.2. The van der Waals surface area contributed by atoms with Crippen molar-refractivity contribution < 1.29 is 13.2 Å². The lowest BCUT2D eigenvalue weighted by Crippen LogP contribution is -2.36. The number of rotatable bonds is 7. The molecular formula is C19H25N3O3S. The molecule has 0 heterocycles. The highest BCUT2D eigenvalue weighted by Crippen LogP contribution is 2.27. The molecule has 0 aliphatic heterocycles. The average Bonchev–Trinajstić information content (AvgIpc) is 2.62. The van der Waals surface area contributed by atoms with E-state index in [9.17, 15) is 13.2 Å². The van der Waals surface area contributed by atoms with Crippen molar-refractivity contribution in [3.8, 4) is 0 Å². The molecule has 2 aromatic rings. The quantitative estimate of drug-likeness (QED) is 0.688. The number of amides is 2. The van der Waals surface area contributed by atoms with Gasteiger partial charge in [-0.25, -0.2) is 18.4 Å². The number of sulfonamides is 1. The van der Waals surface area contributed by atoms with Crippen LogP contribution in [0.25, 0.3) is 0 Å². The Balaban J connectivity index is 2.12. The van der Waals surface area contributed by atoms with Gasteiger partial charge in [-0.05, 0) is 35.7 Å². The van der Waals surface area contributed by atoms with Crippen LogP contribution in [0.5, 0.6) is 0 Å². The zero-order valence-electron chi connectivity index (χ0n) is 15.0. The summed E-state index contributed by atoms with van der Waals surface area (Å²) in [5, 5.41) is 10.8. The zero-order chi connectivity index (χ0) is 19.2. The Hall–Kier alpha value is -2.38. The lowest BCUT2D eigenvalue weighted by molar-refractivity contribution is 0.241. The van der Waals surface area contributed by atoms with Gasteiger partial charge in [0.15, 0.2) is 0 Å². The monoisotopic (exact) mass is 375 g/mol. The third-order valence-corrected chi connectivity index (χ3v) is 5.34. The average molecular weight is 375 g/mol. The first-order chi connectivity index (χ1) is 12.3. The molecule has 0 saturated carbocycles. The minimum absolute atomic E-state index is 0.00245. The Bertz CT molecular complexity index is 817. The molecule has 0 aliphatic carbocycles. The number of urea groups is 1. The minimum atomic E-state index is -3.75. The number of carbonyl (C=O) groups is 1. The van der Waals surface area contributed by atoms with Crippen LogP contribution in [0.3, 0.4) is 0 Å². The number of nitrogens with two attached hydrogens (primary N) is 1. The molecule has 0 bridgehead atoms. The molecule has 2 rings (SSSR count). The molecular weight excluding hydrogens is 350 g/mol. The topological polar surface area (TPSA) is 101 Å².